The fourth-order valence-electron chi connectivity index (χ4n) is 4.24. The Hall–Kier alpha value is -2.74. The van der Waals surface area contributed by atoms with E-state index in [2.05, 4.69) is 57.2 Å². The molecule has 2 heterocycles. The minimum Gasteiger partial charge on any atom is -0.488 e. The first-order valence-electron chi connectivity index (χ1n) is 12.5. The average Bonchev–Trinajstić information content (AvgIpc) is 3.15. The molecule has 7 heteroatoms. The van der Waals surface area contributed by atoms with Gasteiger partial charge in [0, 0.05) is 50.8 Å². The molecule has 0 saturated carbocycles. The third-order valence-corrected chi connectivity index (χ3v) is 8.02. The summed E-state index contributed by atoms with van der Waals surface area (Å²) >= 11 is 5.43. The summed E-state index contributed by atoms with van der Waals surface area (Å²) in [5, 5.41) is 4.29. The van der Waals surface area contributed by atoms with Crippen LogP contribution in [-0.2, 0) is 12.8 Å². The number of likely N-dealkylation sites (N-methyl/N-ethyl adjacent to an activating group) is 1. The van der Waals surface area contributed by atoms with Gasteiger partial charge in [0.05, 0.1) is 0 Å². The number of anilines is 1. The molecule has 2 aromatic heterocycles. The van der Waals surface area contributed by atoms with Gasteiger partial charge in [0.15, 0.2) is 0 Å². The van der Waals surface area contributed by atoms with E-state index < -0.39 is 0 Å². The highest BCUT2D eigenvalue weighted by Crippen LogP contribution is 2.33. The molecule has 0 spiro atoms. The third-order valence-electron chi connectivity index (χ3n) is 6.12. The van der Waals surface area contributed by atoms with Gasteiger partial charge in [-0.3, -0.25) is 9.78 Å². The number of halogens is 1. The van der Waals surface area contributed by atoms with E-state index in [9.17, 15) is 4.79 Å². The van der Waals surface area contributed by atoms with Crippen molar-refractivity contribution in [3.63, 3.8) is 0 Å². The summed E-state index contributed by atoms with van der Waals surface area (Å²) < 4.78 is 8.28. The predicted octanol–water partition coefficient (Wildman–Crippen LogP) is 7.51. The Morgan fingerprint density at radius 2 is 1.89 bits per heavy atom. The van der Waals surface area contributed by atoms with Gasteiger partial charge in [-0.25, -0.2) is 0 Å². The second-order valence-electron chi connectivity index (χ2n) is 10.3. The van der Waals surface area contributed by atoms with E-state index in [0.29, 0.717) is 11.3 Å². The zero-order valence-electron chi connectivity index (χ0n) is 22.1. The Morgan fingerprint density at radius 3 is 2.65 bits per heavy atom. The highest BCUT2D eigenvalue weighted by molar-refractivity contribution is 9.10. The lowest BCUT2D eigenvalue weighted by Gasteiger charge is -2.21. The van der Waals surface area contributed by atoms with E-state index in [4.69, 9.17) is 4.74 Å². The van der Waals surface area contributed by atoms with Crippen molar-refractivity contribution in [1.29, 1.82) is 0 Å². The topological polar surface area (TPSA) is 54.5 Å². The quantitative estimate of drug-likeness (QED) is 0.223. The van der Waals surface area contributed by atoms with Crippen LogP contribution in [0.4, 0.5) is 5.69 Å². The maximum absolute atomic E-state index is 13.0. The number of benzene rings is 2. The van der Waals surface area contributed by atoms with Crippen molar-refractivity contribution in [3.05, 3.63) is 87.0 Å². The molecule has 0 saturated heterocycles. The van der Waals surface area contributed by atoms with Crippen LogP contribution in [0.3, 0.4) is 0 Å². The number of carbonyl (C=O) groups is 1. The van der Waals surface area contributed by atoms with Gasteiger partial charge in [0.1, 0.15) is 11.4 Å². The van der Waals surface area contributed by atoms with Crippen LogP contribution in [0, 0.1) is 6.92 Å². The Labute approximate surface area is 232 Å². The minimum absolute atomic E-state index is 0.145. The number of ether oxygens (including phenoxy) is 1. The number of aromatic nitrogens is 1. The van der Waals surface area contributed by atoms with Crippen LogP contribution in [0.2, 0.25) is 0 Å². The van der Waals surface area contributed by atoms with Gasteiger partial charge in [0.2, 0.25) is 0 Å². The van der Waals surface area contributed by atoms with Crippen molar-refractivity contribution in [3.8, 4) is 5.75 Å². The van der Waals surface area contributed by atoms with Crippen LogP contribution in [0.1, 0.15) is 47.1 Å². The standard InChI is InChI=1S/C30H34BrN3O2S/c1-20-25(13-16-34(5)15-12-22-19-32-14-11-27(22)31)26-18-23(9-10-28(26)37-20)33-29(35)21-7-6-8-24(17-21)36-30(2,3)4/h6-11,14,17-19H,12-13,15-16H2,1-5H3,(H,33,35). The monoisotopic (exact) mass is 579 g/mol. The second kappa shape index (κ2) is 11.8. The number of hydrogen-bond donors (Lipinski definition) is 1. The Morgan fingerprint density at radius 1 is 1.11 bits per heavy atom. The van der Waals surface area contributed by atoms with Gasteiger partial charge in [-0.05, 0) is 107 Å². The van der Waals surface area contributed by atoms with E-state index in [1.807, 2.05) is 68.6 Å². The molecule has 0 aliphatic rings. The number of fused-ring (bicyclic) bond motifs is 1. The first-order valence-corrected chi connectivity index (χ1v) is 14.1. The third kappa shape index (κ3) is 7.40. The molecule has 1 amide bonds. The van der Waals surface area contributed by atoms with E-state index in [0.717, 1.165) is 36.1 Å². The summed E-state index contributed by atoms with van der Waals surface area (Å²) in [6, 6.07) is 15.5. The van der Waals surface area contributed by atoms with Crippen LogP contribution >= 0.6 is 27.3 Å². The lowest BCUT2D eigenvalue weighted by Crippen LogP contribution is -2.24. The number of amides is 1. The molecular weight excluding hydrogens is 546 g/mol. The van der Waals surface area contributed by atoms with Crippen molar-refractivity contribution < 1.29 is 9.53 Å². The number of nitrogens with zero attached hydrogens (tertiary/aromatic N) is 2. The number of nitrogens with one attached hydrogen (secondary N) is 1. The predicted molar refractivity (Wildman–Crippen MR) is 158 cm³/mol. The SMILES string of the molecule is Cc1sc2ccc(NC(=O)c3cccc(OC(C)(C)C)c3)cc2c1CCN(C)CCc1cnccc1Br. The van der Waals surface area contributed by atoms with E-state index >= 15 is 0 Å². The molecule has 4 aromatic rings. The molecule has 37 heavy (non-hydrogen) atoms. The van der Waals surface area contributed by atoms with E-state index in [1.165, 1.54) is 26.1 Å². The molecule has 0 fully saturated rings. The molecule has 1 N–H and O–H groups in total. The van der Waals surface area contributed by atoms with Gasteiger partial charge in [-0.15, -0.1) is 11.3 Å². The van der Waals surface area contributed by atoms with Crippen molar-refractivity contribution >= 4 is 48.9 Å². The first kappa shape index (κ1) is 27.3. The molecule has 0 aliphatic carbocycles. The van der Waals surface area contributed by atoms with Crippen molar-refractivity contribution in [1.82, 2.24) is 9.88 Å². The normalized spacial score (nSPS) is 11.8. The molecule has 2 aromatic carbocycles. The molecule has 0 radical (unpaired) electrons. The Kier molecular flexibility index (Phi) is 8.67. The second-order valence-corrected chi connectivity index (χ2v) is 12.4. The molecule has 194 valence electrons. The fraction of sp³-hybridized carbons (Fsp3) is 0.333. The Balaban J connectivity index is 1.43. The molecular formula is C30H34BrN3O2S. The van der Waals surface area contributed by atoms with Crippen LogP contribution in [0.25, 0.3) is 10.1 Å². The van der Waals surface area contributed by atoms with Crippen LogP contribution in [0.15, 0.2) is 65.4 Å². The lowest BCUT2D eigenvalue weighted by atomic mass is 10.1. The van der Waals surface area contributed by atoms with Crippen LogP contribution in [0.5, 0.6) is 5.75 Å². The largest absolute Gasteiger partial charge is 0.488 e. The average molecular weight is 581 g/mol. The van der Waals surface area contributed by atoms with Crippen LogP contribution < -0.4 is 10.1 Å². The first-order chi connectivity index (χ1) is 17.6. The van der Waals surface area contributed by atoms with Crippen molar-refractivity contribution in [2.45, 2.75) is 46.1 Å². The highest BCUT2D eigenvalue weighted by Gasteiger charge is 2.15. The number of rotatable bonds is 9. The molecule has 5 nitrogen and oxygen atoms in total. The summed E-state index contributed by atoms with van der Waals surface area (Å²) in [7, 11) is 2.16. The Bertz CT molecular complexity index is 1390. The molecule has 0 unspecified atom stereocenters. The van der Waals surface area contributed by atoms with Gasteiger partial charge < -0.3 is 15.0 Å². The zero-order valence-corrected chi connectivity index (χ0v) is 24.5. The van der Waals surface area contributed by atoms with Gasteiger partial charge in [0.25, 0.3) is 5.91 Å². The summed E-state index contributed by atoms with van der Waals surface area (Å²) in [5.74, 6) is 0.542. The summed E-state index contributed by atoms with van der Waals surface area (Å²) in [6.07, 6.45) is 5.64. The summed E-state index contributed by atoms with van der Waals surface area (Å²) in [5.41, 5.74) is 3.63. The lowest BCUT2D eigenvalue weighted by molar-refractivity contribution is 0.102. The fourth-order valence-corrected chi connectivity index (χ4v) is 5.75. The maximum atomic E-state index is 13.0. The van der Waals surface area contributed by atoms with Crippen LogP contribution in [-0.4, -0.2) is 41.5 Å². The summed E-state index contributed by atoms with van der Waals surface area (Å²) in [4.78, 5) is 20.9. The minimum atomic E-state index is -0.322. The van der Waals surface area contributed by atoms with Gasteiger partial charge >= 0.3 is 0 Å². The van der Waals surface area contributed by atoms with Crippen molar-refractivity contribution in [2.24, 2.45) is 0 Å². The maximum Gasteiger partial charge on any atom is 0.255 e. The number of aryl methyl sites for hydroxylation is 1. The molecule has 0 bridgehead atoms. The van der Waals surface area contributed by atoms with E-state index in [-0.39, 0.29) is 11.5 Å². The molecule has 0 aliphatic heterocycles. The van der Waals surface area contributed by atoms with Crippen molar-refractivity contribution in [2.75, 3.05) is 25.5 Å². The number of pyridine rings is 1. The van der Waals surface area contributed by atoms with Gasteiger partial charge in [-0.1, -0.05) is 22.0 Å². The zero-order chi connectivity index (χ0) is 26.6. The van der Waals surface area contributed by atoms with Gasteiger partial charge in [-0.2, -0.15) is 0 Å². The smallest absolute Gasteiger partial charge is 0.255 e. The molecule has 0 atom stereocenters. The number of hydrogen-bond acceptors (Lipinski definition) is 5. The van der Waals surface area contributed by atoms with E-state index in [1.54, 1.807) is 12.3 Å². The summed E-state index contributed by atoms with van der Waals surface area (Å²) in [6.45, 7) is 10.1. The number of carbonyl (C=O) groups excluding carboxylic acids is 1. The highest BCUT2D eigenvalue weighted by atomic mass is 79.9. The molecule has 4 rings (SSSR count). The number of thiophene rings is 1.